The van der Waals surface area contributed by atoms with Crippen LogP contribution in [-0.2, 0) is 4.79 Å². The Balaban J connectivity index is 1.36. The van der Waals surface area contributed by atoms with Crippen LogP contribution >= 0.6 is 23.4 Å². The number of hydrogen-bond donors (Lipinski definition) is 3. The normalized spacial score (nSPS) is 10.7. The number of fused-ring (bicyclic) bond motifs is 1. The van der Waals surface area contributed by atoms with E-state index in [0.29, 0.717) is 27.1 Å². The van der Waals surface area contributed by atoms with Crippen molar-refractivity contribution in [3.8, 4) is 0 Å². The fourth-order valence-corrected chi connectivity index (χ4v) is 3.69. The largest absolute Gasteiger partial charge is 0.333 e. The van der Waals surface area contributed by atoms with E-state index in [1.54, 1.807) is 48.5 Å². The van der Waals surface area contributed by atoms with E-state index in [2.05, 4.69) is 20.6 Å². The molecule has 0 atom stereocenters. The molecule has 0 saturated heterocycles. The molecule has 3 aromatic carbocycles. The summed E-state index contributed by atoms with van der Waals surface area (Å²) in [4.78, 5) is 32.4. The molecule has 0 aliphatic heterocycles. The third kappa shape index (κ3) is 4.82. The Labute approximate surface area is 182 Å². The Morgan fingerprint density at radius 2 is 1.77 bits per heavy atom. The molecule has 0 aliphatic carbocycles. The second-order valence-electron chi connectivity index (χ2n) is 6.41. The molecule has 6 nitrogen and oxygen atoms in total. The summed E-state index contributed by atoms with van der Waals surface area (Å²) >= 11 is 7.40. The Hall–Kier alpha value is -3.29. The van der Waals surface area contributed by atoms with Gasteiger partial charge in [-0.15, -0.1) is 0 Å². The van der Waals surface area contributed by atoms with Crippen LogP contribution in [0.25, 0.3) is 11.0 Å². The first-order chi connectivity index (χ1) is 14.6. The number of imidazole rings is 1. The average molecular weight is 437 g/mol. The summed E-state index contributed by atoms with van der Waals surface area (Å²) in [7, 11) is 0. The van der Waals surface area contributed by atoms with E-state index in [-0.39, 0.29) is 17.6 Å². The van der Waals surface area contributed by atoms with Crippen molar-refractivity contribution in [2.75, 3.05) is 16.4 Å². The molecule has 0 radical (unpaired) electrons. The minimum atomic E-state index is -0.309. The minimum Gasteiger partial charge on any atom is -0.333 e. The number of carbonyl (C=O) groups excluding carboxylic acids is 2. The maximum absolute atomic E-state index is 12.5. The molecule has 150 valence electrons. The number of amides is 2. The molecule has 0 fully saturated rings. The quantitative estimate of drug-likeness (QED) is 0.362. The highest BCUT2D eigenvalue weighted by Crippen LogP contribution is 2.22. The van der Waals surface area contributed by atoms with Crippen molar-refractivity contribution in [2.45, 2.75) is 5.16 Å². The molecule has 0 bridgehead atoms. The number of nitrogens with one attached hydrogen (secondary N) is 3. The predicted octanol–water partition coefficient (Wildman–Crippen LogP) is 5.20. The molecule has 0 unspecified atom stereocenters. The first kappa shape index (κ1) is 20.0. The number of halogens is 1. The molecular formula is C22H17ClN4O2S. The predicted molar refractivity (Wildman–Crippen MR) is 121 cm³/mol. The molecule has 1 aromatic heterocycles. The van der Waals surface area contributed by atoms with Crippen LogP contribution in [0.5, 0.6) is 0 Å². The van der Waals surface area contributed by atoms with Gasteiger partial charge in [0.05, 0.1) is 27.5 Å². The van der Waals surface area contributed by atoms with Gasteiger partial charge in [-0.25, -0.2) is 4.98 Å². The van der Waals surface area contributed by atoms with Crippen molar-refractivity contribution >= 4 is 57.6 Å². The van der Waals surface area contributed by atoms with Crippen LogP contribution in [0, 0.1) is 0 Å². The number of nitrogens with zero attached hydrogens (tertiary/aromatic N) is 1. The zero-order valence-corrected chi connectivity index (χ0v) is 17.3. The monoisotopic (exact) mass is 436 g/mol. The van der Waals surface area contributed by atoms with Gasteiger partial charge in [0, 0.05) is 11.3 Å². The minimum absolute atomic E-state index is 0.190. The lowest BCUT2D eigenvalue weighted by molar-refractivity contribution is -0.113. The van der Waals surface area contributed by atoms with Crippen molar-refractivity contribution in [3.05, 3.63) is 83.4 Å². The Bertz CT molecular complexity index is 1190. The third-order valence-corrected chi connectivity index (χ3v) is 5.44. The fraction of sp³-hybridized carbons (Fsp3) is 0.0455. The number of aromatic nitrogens is 2. The number of benzene rings is 3. The van der Waals surface area contributed by atoms with E-state index >= 15 is 0 Å². The number of thioether (sulfide) groups is 1. The van der Waals surface area contributed by atoms with E-state index in [4.69, 9.17) is 11.6 Å². The van der Waals surface area contributed by atoms with Crippen molar-refractivity contribution in [2.24, 2.45) is 0 Å². The van der Waals surface area contributed by atoms with Crippen molar-refractivity contribution in [3.63, 3.8) is 0 Å². The van der Waals surface area contributed by atoms with E-state index < -0.39 is 0 Å². The van der Waals surface area contributed by atoms with E-state index in [1.165, 1.54) is 11.8 Å². The zero-order valence-electron chi connectivity index (χ0n) is 15.7. The summed E-state index contributed by atoms with van der Waals surface area (Å²) in [6, 6.07) is 21.4. The number of rotatable bonds is 6. The molecule has 0 spiro atoms. The average Bonchev–Trinajstić information content (AvgIpc) is 3.17. The summed E-state index contributed by atoms with van der Waals surface area (Å²) in [5.74, 6) is -0.310. The highest BCUT2D eigenvalue weighted by atomic mass is 35.5. The van der Waals surface area contributed by atoms with Gasteiger partial charge in [-0.05, 0) is 42.5 Å². The number of hydrogen-bond acceptors (Lipinski definition) is 4. The second kappa shape index (κ2) is 9.02. The molecule has 4 aromatic rings. The van der Waals surface area contributed by atoms with Gasteiger partial charge >= 0.3 is 0 Å². The van der Waals surface area contributed by atoms with Crippen molar-refractivity contribution < 1.29 is 9.59 Å². The lowest BCUT2D eigenvalue weighted by Gasteiger charge is -2.09. The van der Waals surface area contributed by atoms with Crippen LogP contribution in [0.4, 0.5) is 11.4 Å². The van der Waals surface area contributed by atoms with Crippen LogP contribution in [0.2, 0.25) is 5.02 Å². The van der Waals surface area contributed by atoms with Crippen LogP contribution in [0.1, 0.15) is 10.4 Å². The van der Waals surface area contributed by atoms with E-state index in [1.807, 2.05) is 24.3 Å². The lowest BCUT2D eigenvalue weighted by atomic mass is 10.2. The van der Waals surface area contributed by atoms with Gasteiger partial charge in [-0.1, -0.05) is 53.7 Å². The van der Waals surface area contributed by atoms with E-state index in [0.717, 1.165) is 11.0 Å². The molecule has 3 N–H and O–H groups in total. The number of carbonyl (C=O) groups is 2. The highest BCUT2D eigenvalue weighted by molar-refractivity contribution is 7.99. The molecule has 0 aliphatic rings. The topological polar surface area (TPSA) is 86.9 Å². The Morgan fingerprint density at radius 1 is 0.967 bits per heavy atom. The highest BCUT2D eigenvalue weighted by Gasteiger charge is 2.11. The van der Waals surface area contributed by atoms with Crippen LogP contribution in [-0.4, -0.2) is 27.5 Å². The number of anilines is 2. The second-order valence-corrected chi connectivity index (χ2v) is 7.78. The summed E-state index contributed by atoms with van der Waals surface area (Å²) in [6.45, 7) is 0. The number of H-pyrrole nitrogens is 1. The standard InChI is InChI=1S/C22H17ClN4O2S/c23-16-8-1-2-9-17(16)25-21(29)14-6-5-7-15(12-14)24-20(28)13-30-22-26-18-10-3-4-11-19(18)27-22/h1-12H,13H2,(H,24,28)(H,25,29)(H,26,27). The first-order valence-electron chi connectivity index (χ1n) is 9.12. The maximum Gasteiger partial charge on any atom is 0.255 e. The Kier molecular flexibility index (Phi) is 6.02. The molecule has 1 heterocycles. The summed E-state index contributed by atoms with van der Waals surface area (Å²) in [5.41, 5.74) is 3.27. The maximum atomic E-state index is 12.5. The van der Waals surface area contributed by atoms with Gasteiger partial charge in [0.2, 0.25) is 5.91 Å². The molecule has 2 amide bonds. The van der Waals surface area contributed by atoms with Crippen molar-refractivity contribution in [1.29, 1.82) is 0 Å². The number of para-hydroxylation sites is 3. The number of aromatic amines is 1. The summed E-state index contributed by atoms with van der Waals surface area (Å²) in [6.07, 6.45) is 0. The smallest absolute Gasteiger partial charge is 0.255 e. The first-order valence-corrected chi connectivity index (χ1v) is 10.5. The van der Waals surface area contributed by atoms with Crippen molar-refractivity contribution in [1.82, 2.24) is 9.97 Å². The molecule has 4 rings (SSSR count). The van der Waals surface area contributed by atoms with Gasteiger partial charge in [0.25, 0.3) is 5.91 Å². The SMILES string of the molecule is O=C(CSc1nc2ccccc2[nH]1)Nc1cccc(C(=O)Nc2ccccc2Cl)c1. The van der Waals surface area contributed by atoms with E-state index in [9.17, 15) is 9.59 Å². The molecule has 8 heteroatoms. The van der Waals surface area contributed by atoms with Crippen LogP contribution in [0.15, 0.2) is 78.0 Å². The lowest BCUT2D eigenvalue weighted by Crippen LogP contribution is -2.16. The third-order valence-electron chi connectivity index (χ3n) is 4.24. The molecule has 30 heavy (non-hydrogen) atoms. The van der Waals surface area contributed by atoms with Gasteiger partial charge < -0.3 is 15.6 Å². The molecular weight excluding hydrogens is 420 g/mol. The summed E-state index contributed by atoms with van der Waals surface area (Å²) < 4.78 is 0. The fourth-order valence-electron chi connectivity index (χ4n) is 2.82. The van der Waals surface area contributed by atoms with Gasteiger partial charge in [-0.2, -0.15) is 0 Å². The van der Waals surface area contributed by atoms with Gasteiger partial charge in [0.1, 0.15) is 0 Å². The van der Waals surface area contributed by atoms with Crippen LogP contribution in [0.3, 0.4) is 0 Å². The molecule has 0 saturated carbocycles. The van der Waals surface area contributed by atoms with Gasteiger partial charge in [0.15, 0.2) is 5.16 Å². The van der Waals surface area contributed by atoms with Gasteiger partial charge in [-0.3, -0.25) is 9.59 Å². The summed E-state index contributed by atoms with van der Waals surface area (Å²) in [5, 5.41) is 6.71. The Morgan fingerprint density at radius 3 is 2.60 bits per heavy atom. The zero-order chi connectivity index (χ0) is 20.9. The van der Waals surface area contributed by atoms with Crippen LogP contribution < -0.4 is 10.6 Å².